The number of carbonyl (C=O) groups is 2. The Morgan fingerprint density at radius 2 is 2.28 bits per heavy atom. The van der Waals surface area contributed by atoms with Gasteiger partial charge in [0.1, 0.15) is 5.56 Å². The Morgan fingerprint density at radius 3 is 2.89 bits per heavy atom. The largest absolute Gasteiger partial charge is 0.383 e. The lowest BCUT2D eigenvalue weighted by Gasteiger charge is -2.10. The zero-order valence-corrected chi connectivity index (χ0v) is 10.6. The van der Waals surface area contributed by atoms with E-state index in [1.165, 1.54) is 0 Å². The summed E-state index contributed by atoms with van der Waals surface area (Å²) < 4.78 is 6.53. The first kappa shape index (κ1) is 14.1. The number of amides is 2. The summed E-state index contributed by atoms with van der Waals surface area (Å²) in [6, 6.07) is 3.22. The van der Waals surface area contributed by atoms with Gasteiger partial charge in [-0.2, -0.15) is 4.57 Å². The molecule has 98 valence electrons. The van der Waals surface area contributed by atoms with Gasteiger partial charge >= 0.3 is 0 Å². The molecule has 0 saturated carbocycles. The first-order valence-corrected chi connectivity index (χ1v) is 5.60. The lowest BCUT2D eigenvalue weighted by molar-refractivity contribution is -0.684. The van der Waals surface area contributed by atoms with E-state index in [0.29, 0.717) is 12.2 Å². The van der Waals surface area contributed by atoms with Gasteiger partial charge in [0.05, 0.1) is 6.61 Å². The standard InChI is InChI=1S/C12H17N3O3/c1-9(8-18-2)14-11(16)7-15-5-3-4-10(6-15)12(13)17/h3-6,9H,7-8H2,1-2H3,(H2-,13,14,16,17)/p+1. The van der Waals surface area contributed by atoms with Crippen LogP contribution in [0.5, 0.6) is 0 Å². The molecule has 0 saturated heterocycles. The van der Waals surface area contributed by atoms with E-state index in [1.54, 1.807) is 36.2 Å². The van der Waals surface area contributed by atoms with E-state index in [1.807, 2.05) is 6.92 Å². The third-order valence-corrected chi connectivity index (χ3v) is 2.29. The number of nitrogens with zero attached hydrogens (tertiary/aromatic N) is 1. The smallest absolute Gasteiger partial charge is 0.286 e. The lowest BCUT2D eigenvalue weighted by atomic mass is 10.2. The Balaban J connectivity index is 2.59. The fourth-order valence-corrected chi connectivity index (χ4v) is 1.54. The molecular formula is C12H18N3O3+. The molecule has 6 heteroatoms. The van der Waals surface area contributed by atoms with E-state index in [-0.39, 0.29) is 18.5 Å². The molecule has 0 radical (unpaired) electrons. The molecule has 2 amide bonds. The second-order valence-electron chi connectivity index (χ2n) is 4.05. The third-order valence-electron chi connectivity index (χ3n) is 2.29. The van der Waals surface area contributed by atoms with Crippen LogP contribution in [0.25, 0.3) is 0 Å². The first-order valence-electron chi connectivity index (χ1n) is 5.60. The number of ether oxygens (including phenoxy) is 1. The van der Waals surface area contributed by atoms with Crippen LogP contribution >= 0.6 is 0 Å². The summed E-state index contributed by atoms with van der Waals surface area (Å²) in [5.74, 6) is -0.663. The average Bonchev–Trinajstić information content (AvgIpc) is 2.29. The molecule has 1 rings (SSSR count). The number of methoxy groups -OCH3 is 1. The van der Waals surface area contributed by atoms with Crippen LogP contribution in [0.1, 0.15) is 17.3 Å². The minimum absolute atomic E-state index is 0.0533. The summed E-state index contributed by atoms with van der Waals surface area (Å²) in [6.07, 6.45) is 3.25. The number of aromatic nitrogens is 1. The first-order chi connectivity index (χ1) is 8.52. The topological polar surface area (TPSA) is 85.3 Å². The van der Waals surface area contributed by atoms with Gasteiger partial charge in [-0.3, -0.25) is 9.59 Å². The molecule has 3 N–H and O–H groups in total. The number of hydrogen-bond acceptors (Lipinski definition) is 3. The molecule has 1 aromatic heterocycles. The van der Waals surface area contributed by atoms with Crippen molar-refractivity contribution in [1.29, 1.82) is 0 Å². The molecule has 0 aliphatic carbocycles. The molecule has 1 atom stereocenters. The number of rotatable bonds is 6. The van der Waals surface area contributed by atoms with E-state index < -0.39 is 5.91 Å². The van der Waals surface area contributed by atoms with E-state index in [2.05, 4.69) is 5.32 Å². The highest BCUT2D eigenvalue weighted by molar-refractivity contribution is 5.92. The lowest BCUT2D eigenvalue weighted by Crippen LogP contribution is -2.46. The highest BCUT2D eigenvalue weighted by Crippen LogP contribution is 1.92. The van der Waals surface area contributed by atoms with Gasteiger partial charge in [0.15, 0.2) is 12.4 Å². The van der Waals surface area contributed by atoms with Crippen LogP contribution in [0.2, 0.25) is 0 Å². The van der Waals surface area contributed by atoms with Gasteiger partial charge < -0.3 is 15.8 Å². The number of nitrogens with two attached hydrogens (primary N) is 1. The van der Waals surface area contributed by atoms with Gasteiger partial charge in [0.2, 0.25) is 6.54 Å². The van der Waals surface area contributed by atoms with Gasteiger partial charge in [-0.25, -0.2) is 0 Å². The van der Waals surface area contributed by atoms with Gasteiger partial charge in [0.25, 0.3) is 11.8 Å². The zero-order chi connectivity index (χ0) is 13.5. The predicted molar refractivity (Wildman–Crippen MR) is 64.6 cm³/mol. The van der Waals surface area contributed by atoms with Gasteiger partial charge in [0, 0.05) is 19.2 Å². The molecule has 0 bridgehead atoms. The number of carbonyl (C=O) groups excluding carboxylic acids is 2. The summed E-state index contributed by atoms with van der Waals surface area (Å²) >= 11 is 0. The van der Waals surface area contributed by atoms with Crippen molar-refractivity contribution in [2.45, 2.75) is 19.5 Å². The van der Waals surface area contributed by atoms with Crippen LogP contribution in [0, 0.1) is 0 Å². The fourth-order valence-electron chi connectivity index (χ4n) is 1.54. The van der Waals surface area contributed by atoms with Crippen molar-refractivity contribution in [2.24, 2.45) is 5.73 Å². The molecular weight excluding hydrogens is 234 g/mol. The van der Waals surface area contributed by atoms with Crippen molar-refractivity contribution >= 4 is 11.8 Å². The zero-order valence-electron chi connectivity index (χ0n) is 10.6. The molecule has 1 aromatic rings. The molecule has 1 heterocycles. The Morgan fingerprint density at radius 1 is 1.56 bits per heavy atom. The molecule has 0 aliphatic rings. The van der Waals surface area contributed by atoms with E-state index in [0.717, 1.165) is 0 Å². The van der Waals surface area contributed by atoms with Crippen molar-refractivity contribution in [1.82, 2.24) is 5.32 Å². The summed E-state index contributed by atoms with van der Waals surface area (Å²) in [6.45, 7) is 2.44. The third kappa shape index (κ3) is 4.50. The van der Waals surface area contributed by atoms with Crippen molar-refractivity contribution < 1.29 is 18.9 Å². The molecule has 1 unspecified atom stereocenters. The Bertz CT molecular complexity index is 434. The second-order valence-corrected chi connectivity index (χ2v) is 4.05. The fraction of sp³-hybridized carbons (Fsp3) is 0.417. The molecule has 0 aliphatic heterocycles. The van der Waals surface area contributed by atoms with Crippen LogP contribution in [-0.2, 0) is 16.1 Å². The summed E-state index contributed by atoms with van der Waals surface area (Å²) in [5, 5.41) is 2.78. The minimum atomic E-state index is -0.516. The van der Waals surface area contributed by atoms with Crippen LogP contribution < -0.4 is 15.6 Å². The Labute approximate surface area is 106 Å². The van der Waals surface area contributed by atoms with E-state index in [9.17, 15) is 9.59 Å². The second kappa shape index (κ2) is 6.70. The number of nitrogens with one attached hydrogen (secondary N) is 1. The molecule has 0 aromatic carbocycles. The molecule has 0 fully saturated rings. The predicted octanol–water partition coefficient (Wildman–Crippen LogP) is -0.776. The minimum Gasteiger partial charge on any atom is -0.383 e. The molecule has 18 heavy (non-hydrogen) atoms. The average molecular weight is 252 g/mol. The number of primary amides is 1. The maximum atomic E-state index is 11.7. The van der Waals surface area contributed by atoms with Crippen molar-refractivity contribution in [3.63, 3.8) is 0 Å². The highest BCUT2D eigenvalue weighted by atomic mass is 16.5. The highest BCUT2D eigenvalue weighted by Gasteiger charge is 2.13. The van der Waals surface area contributed by atoms with E-state index >= 15 is 0 Å². The quantitative estimate of drug-likeness (QED) is 0.652. The van der Waals surface area contributed by atoms with Gasteiger partial charge in [-0.05, 0) is 13.0 Å². The summed E-state index contributed by atoms with van der Waals surface area (Å²) in [5.41, 5.74) is 5.53. The summed E-state index contributed by atoms with van der Waals surface area (Å²) in [7, 11) is 1.58. The molecule has 6 nitrogen and oxygen atoms in total. The number of pyridine rings is 1. The van der Waals surface area contributed by atoms with Crippen molar-refractivity contribution in [3.8, 4) is 0 Å². The normalized spacial score (nSPS) is 11.9. The Hall–Kier alpha value is -1.95. The molecule has 0 spiro atoms. The monoisotopic (exact) mass is 252 g/mol. The SMILES string of the molecule is COCC(C)NC(=O)C[n+]1cccc(C(N)=O)c1. The Kier molecular flexibility index (Phi) is 5.26. The van der Waals surface area contributed by atoms with Crippen molar-refractivity contribution in [3.05, 3.63) is 30.1 Å². The number of hydrogen-bond donors (Lipinski definition) is 2. The van der Waals surface area contributed by atoms with Crippen LogP contribution in [0.4, 0.5) is 0 Å². The van der Waals surface area contributed by atoms with Crippen LogP contribution in [-0.4, -0.2) is 31.6 Å². The van der Waals surface area contributed by atoms with Crippen molar-refractivity contribution in [2.75, 3.05) is 13.7 Å². The van der Waals surface area contributed by atoms with E-state index in [4.69, 9.17) is 10.5 Å². The van der Waals surface area contributed by atoms with Gasteiger partial charge in [-0.15, -0.1) is 0 Å². The summed E-state index contributed by atoms with van der Waals surface area (Å²) in [4.78, 5) is 22.7. The maximum Gasteiger partial charge on any atom is 0.286 e. The maximum absolute atomic E-state index is 11.7. The van der Waals surface area contributed by atoms with Crippen LogP contribution in [0.3, 0.4) is 0 Å². The van der Waals surface area contributed by atoms with Gasteiger partial charge in [-0.1, -0.05) is 0 Å². The van der Waals surface area contributed by atoms with Crippen LogP contribution in [0.15, 0.2) is 24.5 Å².